The number of carbonyl (C=O) groups excluding carboxylic acids is 1. The van der Waals surface area contributed by atoms with Crippen molar-refractivity contribution in [3.8, 4) is 5.75 Å². The van der Waals surface area contributed by atoms with Crippen molar-refractivity contribution in [3.05, 3.63) is 89.7 Å². The monoisotopic (exact) mass is 489 g/mol. The fourth-order valence-electron chi connectivity index (χ4n) is 4.70. The van der Waals surface area contributed by atoms with Crippen molar-refractivity contribution in [2.24, 2.45) is 0 Å². The van der Waals surface area contributed by atoms with Crippen LogP contribution < -0.4 is 14.8 Å². The third-order valence-electron chi connectivity index (χ3n) is 6.47. The summed E-state index contributed by atoms with van der Waals surface area (Å²) in [5, 5.41) is 0.553. The molecule has 35 heavy (non-hydrogen) atoms. The highest BCUT2D eigenvalue weighted by molar-refractivity contribution is 6.13. The van der Waals surface area contributed by atoms with E-state index in [1.165, 1.54) is 41.3 Å². The maximum absolute atomic E-state index is 16.0. The van der Waals surface area contributed by atoms with Gasteiger partial charge in [0, 0.05) is 24.8 Å². The second-order valence-corrected chi connectivity index (χ2v) is 8.60. The summed E-state index contributed by atoms with van der Waals surface area (Å²) >= 11 is 0. The molecule has 1 atom stereocenters. The van der Waals surface area contributed by atoms with Gasteiger partial charge < -0.3 is 4.74 Å². The van der Waals surface area contributed by atoms with Gasteiger partial charge in [0.15, 0.2) is 5.66 Å². The van der Waals surface area contributed by atoms with Gasteiger partial charge in [0.25, 0.3) is 5.91 Å². The van der Waals surface area contributed by atoms with Crippen LogP contribution in [0.1, 0.15) is 28.9 Å². The van der Waals surface area contributed by atoms with Crippen LogP contribution in [0.5, 0.6) is 5.75 Å². The van der Waals surface area contributed by atoms with Crippen molar-refractivity contribution in [3.63, 3.8) is 0 Å². The predicted octanol–water partition coefficient (Wildman–Crippen LogP) is 5.85. The first-order valence-corrected chi connectivity index (χ1v) is 10.8. The number of para-hydroxylation sites is 1. The molecule has 1 saturated heterocycles. The summed E-state index contributed by atoms with van der Waals surface area (Å²) in [6.07, 6.45) is -4.86. The summed E-state index contributed by atoms with van der Waals surface area (Å²) in [4.78, 5) is 16.7. The van der Waals surface area contributed by atoms with E-state index in [9.17, 15) is 22.4 Å². The second kappa shape index (κ2) is 8.23. The van der Waals surface area contributed by atoms with Gasteiger partial charge in [0.2, 0.25) is 0 Å². The molecule has 1 amide bonds. The largest absolute Gasteiger partial charge is 0.573 e. The van der Waals surface area contributed by atoms with Gasteiger partial charge in [-0.15, -0.1) is 13.2 Å². The molecule has 3 aromatic rings. The number of ether oxygens (including phenoxy) is 1. The minimum atomic E-state index is -4.86. The lowest BCUT2D eigenvalue weighted by molar-refractivity contribution is -0.274. The number of anilines is 2. The van der Waals surface area contributed by atoms with Gasteiger partial charge in [0.1, 0.15) is 11.6 Å². The van der Waals surface area contributed by atoms with E-state index in [1.807, 2.05) is 11.8 Å². The molecule has 2 aliphatic rings. The number of fused-ring (bicyclic) bond motifs is 1. The van der Waals surface area contributed by atoms with E-state index >= 15 is 4.48 Å². The molecule has 1 unspecified atom stereocenters. The normalized spacial score (nSPS) is 18.3. The van der Waals surface area contributed by atoms with Gasteiger partial charge in [-0.05, 0) is 61.0 Å². The summed E-state index contributed by atoms with van der Waals surface area (Å²) in [6, 6.07) is 16.8. The number of hydrogen-bond donors (Lipinski definition) is 0. The number of benzene rings is 3. The van der Waals surface area contributed by atoms with E-state index < -0.39 is 23.7 Å². The highest BCUT2D eigenvalue weighted by Crippen LogP contribution is 2.47. The molecule has 0 aromatic heterocycles. The molecule has 0 radical (unpaired) electrons. The quantitative estimate of drug-likeness (QED) is 0.340. The van der Waals surface area contributed by atoms with Crippen LogP contribution in [0, 0.1) is 5.82 Å². The van der Waals surface area contributed by atoms with Crippen LogP contribution in [0.4, 0.5) is 33.4 Å². The highest BCUT2D eigenvalue weighted by Gasteiger charge is 2.59. The van der Waals surface area contributed by atoms with Gasteiger partial charge >= 0.3 is 6.36 Å². The van der Waals surface area contributed by atoms with Crippen LogP contribution in [-0.2, 0) is 0 Å². The average molecular weight is 489 g/mol. The van der Waals surface area contributed by atoms with Crippen molar-refractivity contribution < 1.29 is 31.6 Å². The second-order valence-electron chi connectivity index (χ2n) is 8.60. The number of hydrogen-bond acceptors (Lipinski definition) is 4. The van der Waals surface area contributed by atoms with E-state index in [1.54, 1.807) is 24.3 Å². The minimum absolute atomic E-state index is 0.114. The highest BCUT2D eigenvalue weighted by atomic mass is 19.4. The molecule has 0 bridgehead atoms. The lowest BCUT2D eigenvalue weighted by atomic mass is 9.88. The topological polar surface area (TPSA) is 36.0 Å². The molecular weight excluding hydrogens is 469 g/mol. The Morgan fingerprint density at radius 1 is 0.943 bits per heavy atom. The van der Waals surface area contributed by atoms with E-state index in [2.05, 4.69) is 4.74 Å². The molecule has 5 nitrogen and oxygen atoms in total. The molecule has 2 aliphatic heterocycles. The molecular formula is C25H20F5N3O2. The van der Waals surface area contributed by atoms with Crippen molar-refractivity contribution in [1.29, 1.82) is 0 Å². The fourth-order valence-corrected chi connectivity index (χ4v) is 4.70. The van der Waals surface area contributed by atoms with E-state index in [4.69, 9.17) is 0 Å². The molecule has 10 heteroatoms. The lowest BCUT2D eigenvalue weighted by Crippen LogP contribution is -2.79. The first kappa shape index (κ1) is 23.1. The molecule has 5 rings (SSSR count). The Labute approximate surface area is 197 Å². The Morgan fingerprint density at radius 2 is 1.57 bits per heavy atom. The Balaban J connectivity index is 1.49. The van der Waals surface area contributed by atoms with E-state index in [-0.39, 0.29) is 41.9 Å². The molecule has 0 aliphatic carbocycles. The third-order valence-corrected chi connectivity index (χ3v) is 6.47. The number of rotatable bonds is 4. The SMILES string of the molecule is CC(c1ccc(F)cc1)N1CC2(C1)N(F)c1ccccc1C(=O)N2c1ccc(OC(F)(F)F)cc1. The molecule has 182 valence electrons. The zero-order valence-corrected chi connectivity index (χ0v) is 18.5. The minimum Gasteiger partial charge on any atom is -0.406 e. The molecule has 1 fully saturated rings. The van der Waals surface area contributed by atoms with Gasteiger partial charge in [-0.25, -0.2) is 4.39 Å². The van der Waals surface area contributed by atoms with Gasteiger partial charge in [-0.3, -0.25) is 14.6 Å². The molecule has 3 aromatic carbocycles. The number of amides is 1. The Morgan fingerprint density at radius 3 is 2.20 bits per heavy atom. The summed E-state index contributed by atoms with van der Waals surface area (Å²) in [5.74, 6) is -1.28. The summed E-state index contributed by atoms with van der Waals surface area (Å²) in [7, 11) is 0. The van der Waals surface area contributed by atoms with E-state index in [0.29, 0.717) is 5.12 Å². The maximum atomic E-state index is 16.0. The van der Waals surface area contributed by atoms with Crippen LogP contribution >= 0.6 is 0 Å². The van der Waals surface area contributed by atoms with Crippen LogP contribution in [0.2, 0.25) is 0 Å². The number of halogens is 5. The summed E-state index contributed by atoms with van der Waals surface area (Å²) in [6.45, 7) is 2.13. The Kier molecular flexibility index (Phi) is 5.43. The first-order valence-electron chi connectivity index (χ1n) is 10.8. The predicted molar refractivity (Wildman–Crippen MR) is 119 cm³/mol. The van der Waals surface area contributed by atoms with Crippen molar-refractivity contribution >= 4 is 17.3 Å². The smallest absolute Gasteiger partial charge is 0.406 e. The third kappa shape index (κ3) is 3.97. The van der Waals surface area contributed by atoms with Crippen molar-refractivity contribution in [1.82, 2.24) is 4.90 Å². The number of carbonyl (C=O) groups is 1. The lowest BCUT2D eigenvalue weighted by Gasteiger charge is -2.60. The Hall–Kier alpha value is -3.66. The summed E-state index contributed by atoms with van der Waals surface area (Å²) in [5.41, 5.74) is -0.0853. The number of likely N-dealkylation sites (tertiary alicyclic amines) is 1. The molecule has 0 saturated carbocycles. The van der Waals surface area contributed by atoms with Crippen LogP contribution in [0.25, 0.3) is 0 Å². The van der Waals surface area contributed by atoms with Crippen molar-refractivity contribution in [2.45, 2.75) is 25.0 Å². The van der Waals surface area contributed by atoms with Gasteiger partial charge in [-0.2, -0.15) is 5.12 Å². The molecule has 1 spiro atoms. The maximum Gasteiger partial charge on any atom is 0.573 e. The fraction of sp³-hybridized carbons (Fsp3) is 0.240. The Bertz CT molecular complexity index is 1240. The number of alkyl halides is 3. The average Bonchev–Trinajstić information content (AvgIpc) is 2.80. The molecule has 0 N–H and O–H groups in total. The van der Waals surface area contributed by atoms with Crippen LogP contribution in [0.15, 0.2) is 72.8 Å². The van der Waals surface area contributed by atoms with Crippen molar-refractivity contribution in [2.75, 3.05) is 23.1 Å². The standard InChI is InChI=1S/C25H20F5N3O2/c1-16(17-6-8-18(26)9-7-17)31-14-24(15-31)32(19-10-12-20(13-11-19)35-25(27,28)29)23(34)21-4-2-3-5-22(21)33(24)30/h2-13,16H,14-15H2,1H3. The molecule has 2 heterocycles. The first-order chi connectivity index (χ1) is 16.6. The van der Waals surface area contributed by atoms with Crippen LogP contribution in [-0.4, -0.2) is 35.9 Å². The van der Waals surface area contributed by atoms with Gasteiger partial charge in [0.05, 0.1) is 11.3 Å². The van der Waals surface area contributed by atoms with Crippen LogP contribution in [0.3, 0.4) is 0 Å². The zero-order valence-electron chi connectivity index (χ0n) is 18.5. The number of nitrogens with zero attached hydrogens (tertiary/aromatic N) is 3. The van der Waals surface area contributed by atoms with Gasteiger partial charge in [-0.1, -0.05) is 28.7 Å². The zero-order chi connectivity index (χ0) is 25.0. The van der Waals surface area contributed by atoms with E-state index in [0.717, 1.165) is 17.7 Å². The summed E-state index contributed by atoms with van der Waals surface area (Å²) < 4.78 is 71.0.